The summed E-state index contributed by atoms with van der Waals surface area (Å²) in [7, 11) is 3.95. The first-order valence-corrected chi connectivity index (χ1v) is 7.75. The Labute approximate surface area is 146 Å². The Morgan fingerprint density at radius 2 is 1.92 bits per heavy atom. The van der Waals surface area contributed by atoms with Crippen molar-refractivity contribution in [3.63, 3.8) is 0 Å². The first-order valence-electron chi connectivity index (χ1n) is 7.75. The minimum Gasteiger partial charge on any atom is -0.465 e. The zero-order valence-corrected chi connectivity index (χ0v) is 14.2. The summed E-state index contributed by atoms with van der Waals surface area (Å²) in [5.41, 5.74) is 6.55. The number of ether oxygens (including phenoxy) is 1. The Hall–Kier alpha value is -3.22. The standard InChI is InChI=1S/C18H21N3O4/c1-21(2)15-7-5-14(6-8-15)11-13-25-18(23)20-19-17(22)10-9-16-4-3-12-24-16/h3-10,12H,11,13H2,1-2H3,(H,19,22)(H,20,23)/b10-9+. The van der Waals surface area contributed by atoms with Crippen LogP contribution in [0.3, 0.4) is 0 Å². The van der Waals surface area contributed by atoms with Crippen LogP contribution in [0.5, 0.6) is 0 Å². The van der Waals surface area contributed by atoms with E-state index in [1.807, 2.05) is 43.3 Å². The van der Waals surface area contributed by atoms with Gasteiger partial charge in [-0.1, -0.05) is 12.1 Å². The van der Waals surface area contributed by atoms with Crippen LogP contribution in [0.25, 0.3) is 6.08 Å². The molecule has 0 saturated carbocycles. The Kier molecular flexibility index (Phi) is 6.65. The molecule has 0 aliphatic carbocycles. The number of rotatable bonds is 6. The third-order valence-electron chi connectivity index (χ3n) is 3.31. The van der Waals surface area contributed by atoms with E-state index in [2.05, 4.69) is 10.9 Å². The maximum Gasteiger partial charge on any atom is 0.426 e. The van der Waals surface area contributed by atoms with Crippen molar-refractivity contribution in [2.45, 2.75) is 6.42 Å². The van der Waals surface area contributed by atoms with E-state index in [0.717, 1.165) is 11.3 Å². The molecule has 0 fully saturated rings. The van der Waals surface area contributed by atoms with E-state index in [9.17, 15) is 9.59 Å². The van der Waals surface area contributed by atoms with Gasteiger partial charge in [0.25, 0.3) is 5.91 Å². The van der Waals surface area contributed by atoms with Gasteiger partial charge in [-0.25, -0.2) is 10.2 Å². The highest BCUT2D eigenvalue weighted by atomic mass is 16.6. The Morgan fingerprint density at radius 1 is 1.16 bits per heavy atom. The topological polar surface area (TPSA) is 83.8 Å². The van der Waals surface area contributed by atoms with Crippen LogP contribution >= 0.6 is 0 Å². The fourth-order valence-electron chi connectivity index (χ4n) is 1.96. The molecule has 0 spiro atoms. The number of carbonyl (C=O) groups is 2. The van der Waals surface area contributed by atoms with E-state index in [-0.39, 0.29) is 6.61 Å². The molecule has 0 aliphatic rings. The molecule has 25 heavy (non-hydrogen) atoms. The molecule has 2 rings (SSSR count). The van der Waals surface area contributed by atoms with Crippen LogP contribution in [-0.2, 0) is 16.0 Å². The van der Waals surface area contributed by atoms with E-state index in [1.165, 1.54) is 18.4 Å². The van der Waals surface area contributed by atoms with Crippen LogP contribution in [-0.4, -0.2) is 32.7 Å². The first kappa shape index (κ1) is 18.1. The minimum absolute atomic E-state index is 0.214. The van der Waals surface area contributed by atoms with Crippen molar-refractivity contribution in [3.05, 3.63) is 60.1 Å². The molecule has 0 aliphatic heterocycles. The van der Waals surface area contributed by atoms with Crippen molar-refractivity contribution in [2.24, 2.45) is 0 Å². The molecule has 7 heteroatoms. The molecule has 0 bridgehead atoms. The lowest BCUT2D eigenvalue weighted by Crippen LogP contribution is -2.41. The highest BCUT2D eigenvalue weighted by molar-refractivity contribution is 5.92. The molecule has 7 nitrogen and oxygen atoms in total. The zero-order chi connectivity index (χ0) is 18.1. The molecule has 2 N–H and O–H groups in total. The van der Waals surface area contributed by atoms with E-state index >= 15 is 0 Å². The summed E-state index contributed by atoms with van der Waals surface area (Å²) < 4.78 is 10.1. The number of amides is 2. The molecule has 2 amide bonds. The minimum atomic E-state index is -0.718. The Bertz CT molecular complexity index is 706. The average molecular weight is 343 g/mol. The second kappa shape index (κ2) is 9.17. The number of anilines is 1. The van der Waals surface area contributed by atoms with Gasteiger partial charge in [-0.05, 0) is 35.9 Å². The van der Waals surface area contributed by atoms with Crippen molar-refractivity contribution >= 4 is 23.8 Å². The third-order valence-corrected chi connectivity index (χ3v) is 3.31. The maximum atomic E-state index is 11.5. The fourth-order valence-corrected chi connectivity index (χ4v) is 1.96. The summed E-state index contributed by atoms with van der Waals surface area (Å²) in [5.74, 6) is 0.0469. The lowest BCUT2D eigenvalue weighted by molar-refractivity contribution is -0.117. The lowest BCUT2D eigenvalue weighted by Gasteiger charge is -2.12. The number of furan rings is 1. The summed E-state index contributed by atoms with van der Waals surface area (Å²) in [5, 5.41) is 0. The van der Waals surface area contributed by atoms with Crippen molar-refractivity contribution in [3.8, 4) is 0 Å². The fraction of sp³-hybridized carbons (Fsp3) is 0.222. The number of carbonyl (C=O) groups excluding carboxylic acids is 2. The van der Waals surface area contributed by atoms with Crippen LogP contribution in [0.2, 0.25) is 0 Å². The van der Waals surface area contributed by atoms with Crippen LogP contribution in [0.15, 0.2) is 53.2 Å². The average Bonchev–Trinajstić information content (AvgIpc) is 3.12. The van der Waals surface area contributed by atoms with Gasteiger partial charge in [0.15, 0.2) is 0 Å². The number of nitrogens with one attached hydrogen (secondary N) is 2. The van der Waals surface area contributed by atoms with E-state index in [4.69, 9.17) is 9.15 Å². The number of hydrogen-bond donors (Lipinski definition) is 2. The predicted molar refractivity (Wildman–Crippen MR) is 94.8 cm³/mol. The molecule has 1 aromatic carbocycles. The van der Waals surface area contributed by atoms with Crippen molar-refractivity contribution in [1.82, 2.24) is 10.9 Å². The molecule has 0 atom stereocenters. The summed E-state index contributed by atoms with van der Waals surface area (Å²) in [6.45, 7) is 0.214. The molecule has 0 unspecified atom stereocenters. The molecular formula is C18H21N3O4. The van der Waals surface area contributed by atoms with Crippen LogP contribution in [0.1, 0.15) is 11.3 Å². The molecule has 132 valence electrons. The largest absolute Gasteiger partial charge is 0.465 e. The van der Waals surface area contributed by atoms with Crippen LogP contribution in [0.4, 0.5) is 10.5 Å². The van der Waals surface area contributed by atoms with E-state index < -0.39 is 12.0 Å². The SMILES string of the molecule is CN(C)c1ccc(CCOC(=O)NNC(=O)/C=C/c2ccco2)cc1. The van der Waals surface area contributed by atoms with Gasteiger partial charge in [0.05, 0.1) is 12.9 Å². The number of hydrazine groups is 1. The quantitative estimate of drug-likeness (QED) is 0.621. The molecule has 1 aromatic heterocycles. The molecule has 0 saturated heterocycles. The molecule has 2 aromatic rings. The zero-order valence-electron chi connectivity index (χ0n) is 14.2. The second-order valence-electron chi connectivity index (χ2n) is 5.41. The highest BCUT2D eigenvalue weighted by Gasteiger charge is 2.04. The summed E-state index contributed by atoms with van der Waals surface area (Å²) in [4.78, 5) is 25.0. The van der Waals surface area contributed by atoms with Crippen LogP contribution < -0.4 is 15.8 Å². The first-order chi connectivity index (χ1) is 12.0. The number of nitrogens with zero attached hydrogens (tertiary/aromatic N) is 1. The third kappa shape index (κ3) is 6.42. The van der Waals surface area contributed by atoms with Gasteiger partial charge in [-0.3, -0.25) is 10.2 Å². The lowest BCUT2D eigenvalue weighted by atomic mass is 10.1. The van der Waals surface area contributed by atoms with Gasteiger partial charge in [0, 0.05) is 32.3 Å². The number of benzene rings is 1. The van der Waals surface area contributed by atoms with E-state index in [0.29, 0.717) is 12.2 Å². The maximum absolute atomic E-state index is 11.5. The summed E-state index contributed by atoms with van der Waals surface area (Å²) >= 11 is 0. The Balaban J connectivity index is 1.64. The van der Waals surface area contributed by atoms with Gasteiger partial charge >= 0.3 is 6.09 Å². The van der Waals surface area contributed by atoms with Crippen molar-refractivity contribution in [2.75, 3.05) is 25.6 Å². The van der Waals surface area contributed by atoms with Crippen molar-refractivity contribution in [1.29, 1.82) is 0 Å². The van der Waals surface area contributed by atoms with Gasteiger partial charge in [0.2, 0.25) is 0 Å². The Morgan fingerprint density at radius 3 is 2.56 bits per heavy atom. The smallest absolute Gasteiger partial charge is 0.426 e. The van der Waals surface area contributed by atoms with Gasteiger partial charge < -0.3 is 14.1 Å². The normalized spacial score (nSPS) is 10.5. The number of hydrogen-bond acceptors (Lipinski definition) is 5. The monoisotopic (exact) mass is 343 g/mol. The second-order valence-corrected chi connectivity index (χ2v) is 5.41. The van der Waals surface area contributed by atoms with Crippen LogP contribution in [0, 0.1) is 0 Å². The van der Waals surface area contributed by atoms with Gasteiger partial charge in [0.1, 0.15) is 5.76 Å². The van der Waals surface area contributed by atoms with Gasteiger partial charge in [-0.15, -0.1) is 0 Å². The summed E-state index contributed by atoms with van der Waals surface area (Å²) in [6.07, 6.45) is 4.10. The van der Waals surface area contributed by atoms with Gasteiger partial charge in [-0.2, -0.15) is 0 Å². The predicted octanol–water partition coefficient (Wildman–Crippen LogP) is 2.36. The molecule has 0 radical (unpaired) electrons. The highest BCUT2D eigenvalue weighted by Crippen LogP contribution is 2.12. The van der Waals surface area contributed by atoms with E-state index in [1.54, 1.807) is 12.1 Å². The summed E-state index contributed by atoms with van der Waals surface area (Å²) in [6, 6.07) is 11.4. The molecular weight excluding hydrogens is 322 g/mol. The van der Waals surface area contributed by atoms with Crippen molar-refractivity contribution < 1.29 is 18.7 Å². The molecule has 1 heterocycles.